The highest BCUT2D eigenvalue weighted by atomic mass is 15.0. The highest BCUT2D eigenvalue weighted by molar-refractivity contribution is 6.10. The van der Waals surface area contributed by atoms with Crippen LogP contribution in [0.15, 0.2) is 109 Å². The molecule has 3 heteroatoms. The van der Waals surface area contributed by atoms with E-state index in [1.54, 1.807) is 12.4 Å². The fourth-order valence-corrected chi connectivity index (χ4v) is 4.83. The van der Waals surface area contributed by atoms with Crippen LogP contribution >= 0.6 is 0 Å². The van der Waals surface area contributed by atoms with E-state index in [9.17, 15) is 5.26 Å². The van der Waals surface area contributed by atoms with Crippen LogP contribution < -0.4 is 0 Å². The lowest BCUT2D eigenvalue weighted by Gasteiger charge is -2.12. The van der Waals surface area contributed by atoms with Crippen LogP contribution in [0, 0.1) is 18.3 Å². The van der Waals surface area contributed by atoms with Crippen molar-refractivity contribution in [2.75, 3.05) is 0 Å². The van der Waals surface area contributed by atoms with E-state index in [4.69, 9.17) is 0 Å². The molecule has 0 unspecified atom stereocenters. The first-order valence-corrected chi connectivity index (χ1v) is 11.3. The number of nitriles is 1. The molecule has 0 N–H and O–H groups in total. The molecule has 0 aliphatic rings. The van der Waals surface area contributed by atoms with Gasteiger partial charge in [-0.1, -0.05) is 48.5 Å². The summed E-state index contributed by atoms with van der Waals surface area (Å²) in [6, 6.07) is 36.0. The molecular formula is C31H21N3. The minimum Gasteiger partial charge on any atom is -0.309 e. The third kappa shape index (κ3) is 3.25. The van der Waals surface area contributed by atoms with Gasteiger partial charge < -0.3 is 4.57 Å². The number of aromatic nitrogens is 2. The van der Waals surface area contributed by atoms with Crippen molar-refractivity contribution in [1.82, 2.24) is 9.55 Å². The Labute approximate surface area is 198 Å². The highest BCUT2D eigenvalue weighted by Gasteiger charge is 2.15. The zero-order valence-corrected chi connectivity index (χ0v) is 18.7. The number of fused-ring (bicyclic) bond motifs is 3. The average Bonchev–Trinajstić information content (AvgIpc) is 3.23. The third-order valence-electron chi connectivity index (χ3n) is 6.45. The Kier molecular flexibility index (Phi) is 4.71. The fourth-order valence-electron chi connectivity index (χ4n) is 4.83. The molecule has 4 aromatic carbocycles. The predicted molar refractivity (Wildman–Crippen MR) is 139 cm³/mol. The number of benzene rings is 4. The lowest BCUT2D eigenvalue weighted by Crippen LogP contribution is -1.96. The van der Waals surface area contributed by atoms with Gasteiger partial charge in [-0.25, -0.2) is 0 Å². The molecule has 2 heterocycles. The van der Waals surface area contributed by atoms with Crippen molar-refractivity contribution in [2.24, 2.45) is 0 Å². The van der Waals surface area contributed by atoms with Crippen molar-refractivity contribution >= 4 is 21.8 Å². The van der Waals surface area contributed by atoms with Crippen LogP contribution in [0.4, 0.5) is 0 Å². The molecule has 6 aromatic rings. The summed E-state index contributed by atoms with van der Waals surface area (Å²) < 4.78 is 2.26. The number of aryl methyl sites for hydroxylation is 1. The number of para-hydroxylation sites is 1. The summed E-state index contributed by atoms with van der Waals surface area (Å²) in [7, 11) is 0. The van der Waals surface area contributed by atoms with Crippen LogP contribution in [0.2, 0.25) is 0 Å². The van der Waals surface area contributed by atoms with Crippen molar-refractivity contribution in [3.8, 4) is 34.0 Å². The van der Waals surface area contributed by atoms with Gasteiger partial charge in [0.05, 0.1) is 22.7 Å². The van der Waals surface area contributed by atoms with Crippen molar-refractivity contribution in [3.05, 3.63) is 121 Å². The molecule has 0 saturated carbocycles. The Hall–Kier alpha value is -4.68. The zero-order chi connectivity index (χ0) is 23.1. The van der Waals surface area contributed by atoms with Gasteiger partial charge in [0.25, 0.3) is 0 Å². The normalized spacial score (nSPS) is 11.1. The molecule has 6 rings (SSSR count). The van der Waals surface area contributed by atoms with E-state index in [0.717, 1.165) is 27.8 Å². The molecule has 3 nitrogen and oxygen atoms in total. The summed E-state index contributed by atoms with van der Waals surface area (Å²) in [6.45, 7) is 2.15. The first-order valence-electron chi connectivity index (χ1n) is 11.3. The van der Waals surface area contributed by atoms with Gasteiger partial charge in [0.2, 0.25) is 0 Å². The van der Waals surface area contributed by atoms with Crippen molar-refractivity contribution in [2.45, 2.75) is 6.92 Å². The predicted octanol–water partition coefficient (Wildman–Crippen LogP) is 7.69. The van der Waals surface area contributed by atoms with E-state index in [2.05, 4.69) is 95.3 Å². The number of rotatable bonds is 3. The van der Waals surface area contributed by atoms with Gasteiger partial charge in [0.15, 0.2) is 0 Å². The number of pyridine rings is 1. The topological polar surface area (TPSA) is 41.6 Å². The van der Waals surface area contributed by atoms with Gasteiger partial charge in [-0.3, -0.25) is 4.98 Å². The Bertz CT molecular complexity index is 1720. The molecule has 0 amide bonds. The molecule has 34 heavy (non-hydrogen) atoms. The molecule has 160 valence electrons. The van der Waals surface area contributed by atoms with Crippen LogP contribution in [0.1, 0.15) is 11.1 Å². The molecular weight excluding hydrogens is 414 g/mol. The summed E-state index contributed by atoms with van der Waals surface area (Å²) in [4.78, 5) is 4.14. The zero-order valence-electron chi connectivity index (χ0n) is 18.7. The summed E-state index contributed by atoms with van der Waals surface area (Å²) in [6.07, 6.45) is 3.56. The molecule has 0 bridgehead atoms. The van der Waals surface area contributed by atoms with E-state index in [-0.39, 0.29) is 0 Å². The van der Waals surface area contributed by atoms with Gasteiger partial charge in [-0.2, -0.15) is 5.26 Å². The fraction of sp³-hybridized carbons (Fsp3) is 0.0323. The van der Waals surface area contributed by atoms with Crippen LogP contribution in [0.25, 0.3) is 49.7 Å². The highest BCUT2D eigenvalue weighted by Crippen LogP contribution is 2.36. The maximum absolute atomic E-state index is 9.77. The van der Waals surface area contributed by atoms with Crippen LogP contribution in [-0.2, 0) is 0 Å². The Morgan fingerprint density at radius 1 is 0.676 bits per heavy atom. The second-order valence-electron chi connectivity index (χ2n) is 8.52. The summed E-state index contributed by atoms with van der Waals surface area (Å²) >= 11 is 0. The van der Waals surface area contributed by atoms with Crippen molar-refractivity contribution < 1.29 is 0 Å². The van der Waals surface area contributed by atoms with Gasteiger partial charge >= 0.3 is 0 Å². The second kappa shape index (κ2) is 8.03. The maximum atomic E-state index is 9.77. The standard InChI is InChI=1S/C31H21N3/c1-21-6-2-3-7-27(21)24-10-11-31-29(19-24)28-8-4-5-9-30(28)34(31)26-17-22(20-32)16-25(18-26)23-12-14-33-15-13-23/h2-19H,1H3. The minimum absolute atomic E-state index is 0.631. The van der Waals surface area contributed by atoms with Crippen LogP contribution in [-0.4, -0.2) is 9.55 Å². The molecule has 2 aromatic heterocycles. The van der Waals surface area contributed by atoms with Gasteiger partial charge in [-0.15, -0.1) is 0 Å². The van der Waals surface area contributed by atoms with E-state index < -0.39 is 0 Å². The summed E-state index contributed by atoms with van der Waals surface area (Å²) in [5.74, 6) is 0. The van der Waals surface area contributed by atoms with E-state index in [1.165, 1.54) is 27.5 Å². The van der Waals surface area contributed by atoms with Crippen molar-refractivity contribution in [3.63, 3.8) is 0 Å². The third-order valence-corrected chi connectivity index (χ3v) is 6.45. The number of nitrogens with zero attached hydrogens (tertiary/aromatic N) is 3. The van der Waals surface area contributed by atoms with E-state index >= 15 is 0 Å². The average molecular weight is 436 g/mol. The Morgan fingerprint density at radius 3 is 2.26 bits per heavy atom. The van der Waals surface area contributed by atoms with Gasteiger partial charge in [-0.05, 0) is 83.3 Å². The molecule has 0 fully saturated rings. The molecule has 0 saturated heterocycles. The number of hydrogen-bond donors (Lipinski definition) is 0. The quantitative estimate of drug-likeness (QED) is 0.286. The summed E-state index contributed by atoms with van der Waals surface area (Å²) in [5, 5.41) is 12.2. The lowest BCUT2D eigenvalue weighted by molar-refractivity contribution is 1.18. The molecule has 0 aliphatic heterocycles. The van der Waals surface area contributed by atoms with Gasteiger partial charge in [0.1, 0.15) is 0 Å². The first kappa shape index (κ1) is 20.0. The number of hydrogen-bond acceptors (Lipinski definition) is 2. The smallest absolute Gasteiger partial charge is 0.0992 e. The van der Waals surface area contributed by atoms with Crippen molar-refractivity contribution in [1.29, 1.82) is 5.26 Å². The maximum Gasteiger partial charge on any atom is 0.0992 e. The molecule has 0 spiro atoms. The van der Waals surface area contributed by atoms with Gasteiger partial charge in [0, 0.05) is 28.9 Å². The molecule has 0 radical (unpaired) electrons. The largest absolute Gasteiger partial charge is 0.309 e. The summed E-state index contributed by atoms with van der Waals surface area (Å²) in [5.41, 5.74) is 9.59. The molecule has 0 aliphatic carbocycles. The second-order valence-corrected chi connectivity index (χ2v) is 8.52. The monoisotopic (exact) mass is 435 g/mol. The Balaban J connectivity index is 1.64. The van der Waals surface area contributed by atoms with Crippen LogP contribution in [0.5, 0.6) is 0 Å². The Morgan fingerprint density at radius 2 is 1.44 bits per heavy atom. The lowest BCUT2D eigenvalue weighted by atomic mass is 9.99. The van der Waals surface area contributed by atoms with Crippen LogP contribution in [0.3, 0.4) is 0 Å². The first-order chi connectivity index (χ1) is 16.7. The molecule has 0 atom stereocenters. The minimum atomic E-state index is 0.631. The van der Waals surface area contributed by atoms with E-state index in [1.807, 2.05) is 24.3 Å². The van der Waals surface area contributed by atoms with E-state index in [0.29, 0.717) is 5.56 Å². The SMILES string of the molecule is Cc1ccccc1-c1ccc2c(c1)c1ccccc1n2-c1cc(C#N)cc(-c2ccncc2)c1.